The monoisotopic (exact) mass is 451 g/mol. The molecule has 32 heavy (non-hydrogen) atoms. The lowest BCUT2D eigenvalue weighted by Gasteiger charge is -2.09. The lowest BCUT2D eigenvalue weighted by Crippen LogP contribution is -2.33. The minimum atomic E-state index is -0.891. The second kappa shape index (κ2) is 11.0. The Bertz CT molecular complexity index is 1110. The zero-order valence-electron chi connectivity index (χ0n) is 17.6. The van der Waals surface area contributed by atoms with E-state index in [-0.39, 0.29) is 0 Å². The number of carbonyl (C=O) groups is 2. The largest absolute Gasteiger partial charge is 0.495 e. The Hall–Kier alpha value is -3.84. The van der Waals surface area contributed by atoms with Gasteiger partial charge in [-0.2, -0.15) is 5.10 Å². The van der Waals surface area contributed by atoms with Gasteiger partial charge in [-0.15, -0.1) is 0 Å². The first kappa shape index (κ1) is 22.8. The van der Waals surface area contributed by atoms with Crippen molar-refractivity contribution in [2.75, 3.05) is 12.4 Å². The zero-order chi connectivity index (χ0) is 22.9. The van der Waals surface area contributed by atoms with Crippen molar-refractivity contribution < 1.29 is 19.1 Å². The molecule has 0 unspecified atom stereocenters. The van der Waals surface area contributed by atoms with Gasteiger partial charge in [0.05, 0.1) is 18.5 Å². The third-order valence-corrected chi connectivity index (χ3v) is 4.73. The summed E-state index contributed by atoms with van der Waals surface area (Å²) in [6, 6.07) is 21.5. The summed E-state index contributed by atoms with van der Waals surface area (Å²) in [5.41, 5.74) is 4.96. The fourth-order valence-corrected chi connectivity index (χ4v) is 2.84. The van der Waals surface area contributed by atoms with E-state index < -0.39 is 11.8 Å². The third kappa shape index (κ3) is 6.33. The summed E-state index contributed by atoms with van der Waals surface area (Å²) in [7, 11) is 1.48. The molecule has 8 heteroatoms. The van der Waals surface area contributed by atoms with Gasteiger partial charge < -0.3 is 14.8 Å². The molecule has 0 saturated carbocycles. The van der Waals surface area contributed by atoms with Crippen LogP contribution in [0.1, 0.15) is 18.1 Å². The quantitative estimate of drug-likeness (QED) is 0.316. The van der Waals surface area contributed by atoms with Gasteiger partial charge in [-0.1, -0.05) is 35.9 Å². The SMILES string of the molecule is COc1ccccc1NC(=O)C(=O)NN=C(C)c1ccc(OCc2ccc(Cl)cc2)cc1. The molecule has 0 aliphatic heterocycles. The summed E-state index contributed by atoms with van der Waals surface area (Å²) >= 11 is 5.88. The van der Waals surface area contributed by atoms with E-state index in [1.165, 1.54) is 7.11 Å². The van der Waals surface area contributed by atoms with E-state index in [0.29, 0.717) is 34.5 Å². The summed E-state index contributed by atoms with van der Waals surface area (Å²) in [5.74, 6) is -0.599. The Balaban J connectivity index is 1.54. The summed E-state index contributed by atoms with van der Waals surface area (Å²) in [6.07, 6.45) is 0. The standard InChI is InChI=1S/C24H22ClN3O4/c1-16(27-28-24(30)23(29)26-21-5-3-4-6-22(21)31-2)18-9-13-20(14-10-18)32-15-17-7-11-19(25)12-8-17/h3-14H,15H2,1-2H3,(H,26,29)(H,28,30). The topological polar surface area (TPSA) is 89.0 Å². The number of methoxy groups -OCH3 is 1. The highest BCUT2D eigenvalue weighted by atomic mass is 35.5. The average Bonchev–Trinajstić information content (AvgIpc) is 2.82. The van der Waals surface area contributed by atoms with Crippen LogP contribution in [0.2, 0.25) is 5.02 Å². The fraction of sp³-hybridized carbons (Fsp3) is 0.125. The molecule has 2 amide bonds. The van der Waals surface area contributed by atoms with Gasteiger partial charge in [0, 0.05) is 5.02 Å². The molecule has 0 bridgehead atoms. The van der Waals surface area contributed by atoms with Crippen LogP contribution in [0.3, 0.4) is 0 Å². The number of benzene rings is 3. The summed E-state index contributed by atoms with van der Waals surface area (Å²) in [6.45, 7) is 2.14. The maximum Gasteiger partial charge on any atom is 0.329 e. The van der Waals surface area contributed by atoms with Gasteiger partial charge >= 0.3 is 11.8 Å². The van der Waals surface area contributed by atoms with Crippen molar-refractivity contribution >= 4 is 34.8 Å². The van der Waals surface area contributed by atoms with Crippen LogP contribution in [0.4, 0.5) is 5.69 Å². The molecule has 164 valence electrons. The minimum absolute atomic E-state index is 0.394. The molecule has 0 aliphatic rings. The molecule has 3 aromatic carbocycles. The number of ether oxygens (including phenoxy) is 2. The number of nitrogens with one attached hydrogen (secondary N) is 2. The summed E-state index contributed by atoms with van der Waals surface area (Å²) in [5, 5.41) is 7.17. The van der Waals surface area contributed by atoms with Crippen LogP contribution in [-0.4, -0.2) is 24.6 Å². The van der Waals surface area contributed by atoms with E-state index in [1.54, 1.807) is 43.3 Å². The van der Waals surface area contributed by atoms with Crippen molar-refractivity contribution in [2.45, 2.75) is 13.5 Å². The van der Waals surface area contributed by atoms with Crippen LogP contribution in [0, 0.1) is 0 Å². The van der Waals surface area contributed by atoms with Crippen molar-refractivity contribution in [1.82, 2.24) is 5.43 Å². The molecule has 7 nitrogen and oxygen atoms in total. The van der Waals surface area contributed by atoms with Crippen molar-refractivity contribution in [1.29, 1.82) is 0 Å². The molecular formula is C24H22ClN3O4. The van der Waals surface area contributed by atoms with Crippen LogP contribution in [0.15, 0.2) is 77.9 Å². The first-order chi connectivity index (χ1) is 15.5. The number of para-hydroxylation sites is 2. The molecule has 0 spiro atoms. The predicted molar refractivity (Wildman–Crippen MR) is 124 cm³/mol. The molecular weight excluding hydrogens is 430 g/mol. The lowest BCUT2D eigenvalue weighted by molar-refractivity contribution is -0.136. The molecule has 0 heterocycles. The minimum Gasteiger partial charge on any atom is -0.495 e. The number of hydrogen-bond acceptors (Lipinski definition) is 5. The number of anilines is 1. The van der Waals surface area contributed by atoms with Gasteiger partial charge in [-0.05, 0) is 66.6 Å². The van der Waals surface area contributed by atoms with Gasteiger partial charge in [0.1, 0.15) is 18.1 Å². The number of hydrazone groups is 1. The van der Waals surface area contributed by atoms with Crippen molar-refractivity contribution in [2.24, 2.45) is 5.10 Å². The molecule has 3 aromatic rings. The molecule has 0 saturated heterocycles. The zero-order valence-corrected chi connectivity index (χ0v) is 18.3. The van der Waals surface area contributed by atoms with Crippen molar-refractivity contribution in [3.63, 3.8) is 0 Å². The molecule has 3 rings (SSSR count). The van der Waals surface area contributed by atoms with Crippen LogP contribution in [0.25, 0.3) is 0 Å². The first-order valence-electron chi connectivity index (χ1n) is 9.72. The van der Waals surface area contributed by atoms with E-state index in [0.717, 1.165) is 11.1 Å². The van der Waals surface area contributed by atoms with E-state index in [2.05, 4.69) is 15.8 Å². The van der Waals surface area contributed by atoms with E-state index in [4.69, 9.17) is 21.1 Å². The van der Waals surface area contributed by atoms with E-state index in [1.807, 2.05) is 36.4 Å². The Labute approximate surface area is 191 Å². The molecule has 0 aliphatic carbocycles. The van der Waals surface area contributed by atoms with Gasteiger partial charge in [0.2, 0.25) is 0 Å². The third-order valence-electron chi connectivity index (χ3n) is 4.48. The van der Waals surface area contributed by atoms with Crippen LogP contribution < -0.4 is 20.2 Å². The fourth-order valence-electron chi connectivity index (χ4n) is 2.72. The number of carbonyl (C=O) groups excluding carboxylic acids is 2. The second-order valence-corrected chi connectivity index (χ2v) is 7.17. The van der Waals surface area contributed by atoms with Crippen LogP contribution in [-0.2, 0) is 16.2 Å². The second-order valence-electron chi connectivity index (χ2n) is 6.73. The maximum atomic E-state index is 12.1. The summed E-state index contributed by atoms with van der Waals surface area (Å²) < 4.78 is 10.9. The number of rotatable bonds is 7. The molecule has 0 radical (unpaired) electrons. The normalized spacial score (nSPS) is 10.9. The van der Waals surface area contributed by atoms with Gasteiger partial charge in [0.15, 0.2) is 0 Å². The molecule has 0 fully saturated rings. The number of nitrogens with zero attached hydrogens (tertiary/aromatic N) is 1. The van der Waals surface area contributed by atoms with Crippen molar-refractivity contribution in [3.05, 3.63) is 88.9 Å². The van der Waals surface area contributed by atoms with E-state index in [9.17, 15) is 9.59 Å². The van der Waals surface area contributed by atoms with Gasteiger partial charge in [-0.3, -0.25) is 9.59 Å². The van der Waals surface area contributed by atoms with Crippen LogP contribution >= 0.6 is 11.6 Å². The highest BCUT2D eigenvalue weighted by molar-refractivity contribution is 6.39. The average molecular weight is 452 g/mol. The molecule has 0 atom stereocenters. The number of hydrogen-bond donors (Lipinski definition) is 2. The summed E-state index contributed by atoms with van der Waals surface area (Å²) in [4.78, 5) is 24.2. The Morgan fingerprint density at radius 1 is 0.938 bits per heavy atom. The Kier molecular flexibility index (Phi) is 7.83. The highest BCUT2D eigenvalue weighted by Gasteiger charge is 2.15. The van der Waals surface area contributed by atoms with E-state index >= 15 is 0 Å². The predicted octanol–water partition coefficient (Wildman–Crippen LogP) is 4.41. The van der Waals surface area contributed by atoms with Gasteiger partial charge in [0.25, 0.3) is 0 Å². The van der Waals surface area contributed by atoms with Crippen molar-refractivity contribution in [3.8, 4) is 11.5 Å². The lowest BCUT2D eigenvalue weighted by atomic mass is 10.1. The number of halogens is 1. The Morgan fingerprint density at radius 3 is 2.31 bits per heavy atom. The first-order valence-corrected chi connectivity index (χ1v) is 10.1. The highest BCUT2D eigenvalue weighted by Crippen LogP contribution is 2.22. The maximum absolute atomic E-state index is 12.1. The Morgan fingerprint density at radius 2 is 1.62 bits per heavy atom. The smallest absolute Gasteiger partial charge is 0.329 e. The molecule has 0 aromatic heterocycles. The number of amides is 2. The van der Waals surface area contributed by atoms with Crippen LogP contribution in [0.5, 0.6) is 11.5 Å². The van der Waals surface area contributed by atoms with Gasteiger partial charge in [-0.25, -0.2) is 5.43 Å². The molecule has 2 N–H and O–H groups in total.